The van der Waals surface area contributed by atoms with Crippen molar-refractivity contribution in [2.24, 2.45) is 10.9 Å². The number of aliphatic hydroxyl groups excluding tert-OH is 3. The van der Waals surface area contributed by atoms with Crippen molar-refractivity contribution in [1.29, 1.82) is 0 Å². The van der Waals surface area contributed by atoms with E-state index in [-0.39, 0.29) is 59.7 Å². The van der Waals surface area contributed by atoms with Gasteiger partial charge in [0.2, 0.25) is 6.29 Å². The molecule has 4 heterocycles. The van der Waals surface area contributed by atoms with Gasteiger partial charge in [-0.05, 0) is 72.7 Å². The number of nitrogens with one attached hydrogen (secondary N) is 1. The highest BCUT2D eigenvalue weighted by molar-refractivity contribution is 6.14. The van der Waals surface area contributed by atoms with Gasteiger partial charge in [0.15, 0.2) is 17.1 Å². The lowest BCUT2D eigenvalue weighted by atomic mass is 9.75. The zero-order chi connectivity index (χ0) is 43.0. The number of aromatic hydroxyl groups is 1. The van der Waals surface area contributed by atoms with Crippen molar-refractivity contribution in [1.82, 2.24) is 10.2 Å². The Hall–Kier alpha value is -5.58. The molecule has 2 bridgehead atoms. The van der Waals surface area contributed by atoms with E-state index in [0.29, 0.717) is 39.9 Å². The number of phenols is 1. The summed E-state index contributed by atoms with van der Waals surface area (Å²) in [5.74, 6) is -0.862. The molecule has 14 heteroatoms. The van der Waals surface area contributed by atoms with Crippen LogP contribution in [0.4, 0.5) is 0 Å². The number of allylic oxidation sites excluding steroid dienone is 4. The number of carbonyl (C=O) groups excluding carboxylic acids is 2. The van der Waals surface area contributed by atoms with E-state index in [2.05, 4.69) is 16.4 Å². The van der Waals surface area contributed by atoms with Crippen LogP contribution in [-0.4, -0.2) is 125 Å². The summed E-state index contributed by atoms with van der Waals surface area (Å²) in [5.41, 5.74) is 3.73. The van der Waals surface area contributed by atoms with Crippen molar-refractivity contribution in [2.45, 2.75) is 68.0 Å². The Morgan fingerprint density at radius 2 is 1.95 bits per heavy atom. The van der Waals surface area contributed by atoms with Crippen LogP contribution in [0.25, 0.3) is 22.9 Å². The SMILES string of the molecule is CNCC1=CC=C2N=CC(C3C=Cc4c(OC)cc5c6c(c(C(=O)CN7Cc8ccccc8C7=O)c(O)c5c4OC4OC(CO3)C(O)C(O)C4(O)CO)C3CCCC3C=C6)=C2[CH+]1. The van der Waals surface area contributed by atoms with Crippen LogP contribution in [0.2, 0.25) is 0 Å². The molecule has 8 atom stereocenters. The molecule has 1 amide bonds. The van der Waals surface area contributed by atoms with E-state index in [0.717, 1.165) is 41.7 Å². The minimum Gasteiger partial charge on any atom is -0.506 e. The predicted octanol–water partition coefficient (Wildman–Crippen LogP) is 3.89. The number of fused-ring (bicyclic) bond motifs is 11. The van der Waals surface area contributed by atoms with E-state index in [1.807, 2.05) is 43.8 Å². The van der Waals surface area contributed by atoms with E-state index < -0.39 is 54.4 Å². The molecule has 3 aliphatic carbocycles. The molecule has 14 nitrogen and oxygen atoms in total. The Bertz CT molecular complexity index is 2590. The molecule has 0 aromatic heterocycles. The zero-order valence-electron chi connectivity index (χ0n) is 34.3. The van der Waals surface area contributed by atoms with Crippen LogP contribution < -0.4 is 14.8 Å². The summed E-state index contributed by atoms with van der Waals surface area (Å²) in [5, 5.41) is 61.8. The average molecular weight is 843 g/mol. The molecule has 7 aliphatic rings. The standard InChI is InChI=1S/C48H47N3O11/c1-49-18-24-10-14-34-31(16-24)33(19-50-34)36-15-13-30-37(59-2)17-32-29-12-11-25-7-5-9-27(25)39(29)41(35(53)21-51-20-26-6-3-4-8-28(26)46(51)57)43(55)40(32)44(30)62-47-48(58,23-52)45(56)42(54)38(61-47)22-60-36/h3-4,6,8,10-17,19,25,27,36,38,42,45,47,49,52,54,56,58H,5,7,9,18,20-23H2,1-2H3/p+1. The van der Waals surface area contributed by atoms with Gasteiger partial charge in [-0.3, -0.25) is 9.59 Å². The third kappa shape index (κ3) is 6.35. The fourth-order valence-corrected chi connectivity index (χ4v) is 10.3. The van der Waals surface area contributed by atoms with Crippen LogP contribution in [0.1, 0.15) is 68.2 Å². The Kier molecular flexibility index (Phi) is 10.2. The second kappa shape index (κ2) is 15.6. The normalized spacial score (nSPS) is 29.5. The van der Waals surface area contributed by atoms with Crippen LogP contribution in [0, 0.1) is 12.3 Å². The first-order chi connectivity index (χ1) is 30.0. The molecule has 320 valence electrons. The van der Waals surface area contributed by atoms with E-state index in [9.17, 15) is 35.1 Å². The molecule has 4 aliphatic heterocycles. The number of ether oxygens (including phenoxy) is 4. The first-order valence-electron chi connectivity index (χ1n) is 21.1. The molecule has 3 aromatic carbocycles. The summed E-state index contributed by atoms with van der Waals surface area (Å²) in [4.78, 5) is 34.6. The van der Waals surface area contributed by atoms with Gasteiger partial charge < -0.3 is 54.7 Å². The maximum absolute atomic E-state index is 14.9. The number of amides is 1. The van der Waals surface area contributed by atoms with Crippen LogP contribution in [0.5, 0.6) is 17.2 Å². The highest BCUT2D eigenvalue weighted by Gasteiger charge is 2.57. The first-order valence-corrected chi connectivity index (χ1v) is 21.1. The van der Waals surface area contributed by atoms with Crippen molar-refractivity contribution in [2.75, 3.05) is 40.5 Å². The number of aliphatic hydroxyl groups is 4. The van der Waals surface area contributed by atoms with Gasteiger partial charge in [0.25, 0.3) is 5.91 Å². The van der Waals surface area contributed by atoms with Gasteiger partial charge in [-0.2, -0.15) is 4.99 Å². The van der Waals surface area contributed by atoms with E-state index in [1.165, 1.54) is 12.0 Å². The predicted molar refractivity (Wildman–Crippen MR) is 229 cm³/mol. The monoisotopic (exact) mass is 842 g/mol. The number of likely N-dealkylation sites (N-methyl/N-ethyl adjacent to an activating group) is 1. The molecule has 3 aromatic rings. The third-order valence-electron chi connectivity index (χ3n) is 13.5. The number of phenolic OH excluding ortho intramolecular Hbond substituents is 1. The van der Waals surface area contributed by atoms with Crippen LogP contribution in [0.15, 0.2) is 82.0 Å². The molecule has 1 saturated carbocycles. The largest absolute Gasteiger partial charge is 0.506 e. The summed E-state index contributed by atoms with van der Waals surface area (Å²) in [7, 11) is 3.35. The molecular weight excluding hydrogens is 795 g/mol. The Morgan fingerprint density at radius 3 is 2.74 bits per heavy atom. The Balaban J connectivity index is 1.18. The lowest BCUT2D eigenvalue weighted by Crippen LogP contribution is -2.69. The second-order valence-electron chi connectivity index (χ2n) is 17.0. The van der Waals surface area contributed by atoms with Gasteiger partial charge in [0.1, 0.15) is 47.2 Å². The average Bonchev–Trinajstić information content (AvgIpc) is 4.01. The highest BCUT2D eigenvalue weighted by atomic mass is 16.7. The van der Waals surface area contributed by atoms with Crippen molar-refractivity contribution in [3.05, 3.63) is 117 Å². The second-order valence-corrected chi connectivity index (χ2v) is 17.0. The summed E-state index contributed by atoms with van der Waals surface area (Å²) in [6, 6.07) is 9.01. The van der Waals surface area contributed by atoms with Crippen molar-refractivity contribution in [3.8, 4) is 17.2 Å². The molecule has 62 heavy (non-hydrogen) atoms. The highest BCUT2D eigenvalue weighted by Crippen LogP contribution is 2.55. The molecule has 6 N–H and O–H groups in total. The van der Waals surface area contributed by atoms with E-state index in [4.69, 9.17) is 18.9 Å². The van der Waals surface area contributed by atoms with Crippen LogP contribution >= 0.6 is 0 Å². The summed E-state index contributed by atoms with van der Waals surface area (Å²) in [6.07, 6.45) is 10.2. The number of carbonyl (C=O) groups is 2. The van der Waals surface area contributed by atoms with Gasteiger partial charge in [-0.15, -0.1) is 0 Å². The summed E-state index contributed by atoms with van der Waals surface area (Å²) < 4.78 is 25.4. The number of methoxy groups -OCH3 is 1. The molecule has 1 saturated heterocycles. The maximum atomic E-state index is 14.9. The first kappa shape index (κ1) is 40.5. The maximum Gasteiger partial charge on any atom is 0.254 e. The minimum absolute atomic E-state index is 0.0648. The number of rotatable bonds is 8. The number of hydrogen-bond acceptors (Lipinski definition) is 13. The number of nitrogens with zero attached hydrogens (tertiary/aromatic N) is 2. The minimum atomic E-state index is -2.57. The topological polar surface area (TPSA) is 200 Å². The quantitative estimate of drug-likeness (QED) is 0.142. The van der Waals surface area contributed by atoms with Gasteiger partial charge >= 0.3 is 0 Å². The molecular formula is C48H48N3O11+. The fourth-order valence-electron chi connectivity index (χ4n) is 10.3. The van der Waals surface area contributed by atoms with E-state index in [1.54, 1.807) is 36.6 Å². The smallest absolute Gasteiger partial charge is 0.254 e. The number of Topliss-reactive ketones (excluding diaryl/α,β-unsaturated/α-hetero) is 1. The van der Waals surface area contributed by atoms with Crippen LogP contribution in [0.3, 0.4) is 0 Å². The third-order valence-corrected chi connectivity index (χ3v) is 13.5. The van der Waals surface area contributed by atoms with E-state index >= 15 is 0 Å². The number of ketones is 1. The van der Waals surface area contributed by atoms with Gasteiger partial charge in [0, 0.05) is 48.2 Å². The summed E-state index contributed by atoms with van der Waals surface area (Å²) >= 11 is 0. The number of benzene rings is 3. The number of aliphatic imine (C=N–C) groups is 1. The van der Waals surface area contributed by atoms with Gasteiger partial charge in [0.05, 0.1) is 55.2 Å². The molecule has 8 unspecified atom stereocenters. The molecule has 0 radical (unpaired) electrons. The zero-order valence-corrected chi connectivity index (χ0v) is 34.3. The Labute approximate surface area is 357 Å². The van der Waals surface area contributed by atoms with Crippen molar-refractivity contribution < 1.29 is 54.1 Å². The van der Waals surface area contributed by atoms with Gasteiger partial charge in [-0.1, -0.05) is 36.8 Å². The lowest BCUT2D eigenvalue weighted by molar-refractivity contribution is -0.329. The Morgan fingerprint density at radius 1 is 1.13 bits per heavy atom. The summed E-state index contributed by atoms with van der Waals surface area (Å²) in [6.45, 7) is -0.801. The van der Waals surface area contributed by atoms with Crippen molar-refractivity contribution >= 4 is 40.8 Å². The fraction of sp³-hybridized carbons (Fsp3) is 0.375. The van der Waals surface area contributed by atoms with Crippen molar-refractivity contribution in [3.63, 3.8) is 0 Å². The van der Waals surface area contributed by atoms with Crippen LogP contribution in [-0.2, 0) is 16.0 Å². The molecule has 10 rings (SSSR count). The molecule has 0 spiro atoms. The molecule has 2 fully saturated rings. The van der Waals surface area contributed by atoms with Gasteiger partial charge in [-0.25, -0.2) is 0 Å². The lowest BCUT2D eigenvalue weighted by Gasteiger charge is -2.47. The number of hydrogen-bond donors (Lipinski definition) is 6.